The van der Waals surface area contributed by atoms with Crippen LogP contribution in [0.25, 0.3) is 0 Å². The van der Waals surface area contributed by atoms with Crippen LogP contribution in [-0.2, 0) is 19.5 Å². The highest BCUT2D eigenvalue weighted by Crippen LogP contribution is 2.10. The van der Waals surface area contributed by atoms with Crippen LogP contribution in [0.4, 0.5) is 0 Å². The molecule has 2 nitrogen and oxygen atoms in total. The molecular formula is C23H45N2+. The van der Waals surface area contributed by atoms with E-state index in [-0.39, 0.29) is 0 Å². The van der Waals surface area contributed by atoms with Crippen molar-refractivity contribution in [1.29, 1.82) is 0 Å². The Morgan fingerprint density at radius 2 is 1.24 bits per heavy atom. The van der Waals surface area contributed by atoms with E-state index in [0.717, 1.165) is 0 Å². The number of hydrogen-bond donors (Lipinski definition) is 0. The molecule has 0 aliphatic heterocycles. The third kappa shape index (κ3) is 10.1. The van der Waals surface area contributed by atoms with E-state index in [1.54, 1.807) is 5.82 Å². The zero-order chi connectivity index (χ0) is 18.2. The Kier molecular flexibility index (Phi) is 13.8. The van der Waals surface area contributed by atoms with Gasteiger partial charge in [-0.1, -0.05) is 78.6 Å². The fraction of sp³-hybridized carbons (Fsp3) is 0.870. The summed E-state index contributed by atoms with van der Waals surface area (Å²) in [5.41, 5.74) is 0. The summed E-state index contributed by atoms with van der Waals surface area (Å²) < 4.78 is 5.07. The molecule has 25 heavy (non-hydrogen) atoms. The molecule has 0 N–H and O–H groups in total. The van der Waals surface area contributed by atoms with Crippen LogP contribution in [0.2, 0.25) is 0 Å². The first-order valence-electron chi connectivity index (χ1n) is 11.4. The number of aryl methyl sites for hydroxylation is 2. The minimum absolute atomic E-state index is 1.21. The highest BCUT2D eigenvalue weighted by molar-refractivity contribution is 4.84. The van der Waals surface area contributed by atoms with Gasteiger partial charge in [-0.2, -0.15) is 0 Å². The van der Waals surface area contributed by atoms with Crippen LogP contribution < -0.4 is 4.57 Å². The van der Waals surface area contributed by atoms with E-state index in [0.29, 0.717) is 0 Å². The Bertz CT molecular complexity index is 408. The normalized spacial score (nSPS) is 11.3. The summed E-state index contributed by atoms with van der Waals surface area (Å²) in [6.07, 6.45) is 25.2. The molecule has 0 saturated carbocycles. The van der Waals surface area contributed by atoms with Crippen molar-refractivity contribution in [1.82, 2.24) is 4.57 Å². The lowest BCUT2D eigenvalue weighted by Crippen LogP contribution is -2.37. The smallest absolute Gasteiger partial charge is 0.234 e. The lowest BCUT2D eigenvalue weighted by molar-refractivity contribution is -0.704. The van der Waals surface area contributed by atoms with Gasteiger partial charge in [-0.3, -0.25) is 0 Å². The fourth-order valence-corrected chi connectivity index (χ4v) is 3.72. The van der Waals surface area contributed by atoms with Gasteiger partial charge >= 0.3 is 0 Å². The van der Waals surface area contributed by atoms with Crippen molar-refractivity contribution >= 4 is 0 Å². The predicted molar refractivity (Wildman–Crippen MR) is 110 cm³/mol. The SMILES string of the molecule is CCCCCCCCCn1cc[n+](CCCCCCCC)c1CCC. The maximum atomic E-state index is 2.53. The van der Waals surface area contributed by atoms with Gasteiger partial charge in [-0.25, -0.2) is 9.13 Å². The van der Waals surface area contributed by atoms with Gasteiger partial charge in [-0.15, -0.1) is 0 Å². The molecule has 0 saturated heterocycles. The second-order valence-corrected chi connectivity index (χ2v) is 7.74. The van der Waals surface area contributed by atoms with Gasteiger partial charge in [0.05, 0.1) is 13.1 Å². The van der Waals surface area contributed by atoms with E-state index in [9.17, 15) is 0 Å². The van der Waals surface area contributed by atoms with Gasteiger partial charge in [0.25, 0.3) is 5.82 Å². The molecule has 0 radical (unpaired) electrons. The van der Waals surface area contributed by atoms with Gasteiger partial charge in [0.15, 0.2) is 0 Å². The molecule has 0 atom stereocenters. The zero-order valence-corrected chi connectivity index (χ0v) is 17.6. The van der Waals surface area contributed by atoms with Crippen molar-refractivity contribution in [3.8, 4) is 0 Å². The number of rotatable bonds is 17. The monoisotopic (exact) mass is 349 g/mol. The van der Waals surface area contributed by atoms with Gasteiger partial charge in [0.2, 0.25) is 0 Å². The zero-order valence-electron chi connectivity index (χ0n) is 17.6. The van der Waals surface area contributed by atoms with Crippen LogP contribution in [0.1, 0.15) is 116 Å². The molecule has 1 aromatic rings. The standard InChI is InChI=1S/C23H45N2/c1-4-7-9-11-13-15-17-20-25-22-21-24(23(25)18-6-3)19-16-14-12-10-8-5-2/h21-22H,4-20H2,1-3H3/q+1. The molecule has 1 aromatic heterocycles. The van der Waals surface area contributed by atoms with E-state index >= 15 is 0 Å². The molecule has 0 aromatic carbocycles. The Labute approximate surface area is 158 Å². The van der Waals surface area contributed by atoms with E-state index in [1.807, 2.05) is 0 Å². The Morgan fingerprint density at radius 1 is 0.680 bits per heavy atom. The van der Waals surface area contributed by atoms with Crippen molar-refractivity contribution in [3.63, 3.8) is 0 Å². The van der Waals surface area contributed by atoms with Crippen LogP contribution in [-0.4, -0.2) is 4.57 Å². The molecule has 0 unspecified atom stereocenters. The average Bonchev–Trinajstić information content (AvgIpc) is 2.99. The van der Waals surface area contributed by atoms with Crippen molar-refractivity contribution in [3.05, 3.63) is 18.2 Å². The molecule has 1 heterocycles. The summed E-state index contributed by atoms with van der Waals surface area (Å²) in [5.74, 6) is 1.56. The van der Waals surface area contributed by atoms with Crippen molar-refractivity contribution in [2.24, 2.45) is 0 Å². The maximum Gasteiger partial charge on any atom is 0.256 e. The number of imidazole rings is 1. The third-order valence-corrected chi connectivity index (χ3v) is 5.32. The molecule has 0 amide bonds. The quantitative estimate of drug-likeness (QED) is 0.215. The fourth-order valence-electron chi connectivity index (χ4n) is 3.72. The molecule has 0 fully saturated rings. The van der Waals surface area contributed by atoms with Crippen LogP contribution in [0.5, 0.6) is 0 Å². The van der Waals surface area contributed by atoms with E-state index in [4.69, 9.17) is 0 Å². The first-order chi connectivity index (χ1) is 12.3. The average molecular weight is 350 g/mol. The molecule has 0 aliphatic carbocycles. The van der Waals surface area contributed by atoms with Gasteiger partial charge in [-0.05, 0) is 32.1 Å². The van der Waals surface area contributed by atoms with Crippen molar-refractivity contribution in [2.45, 2.75) is 130 Å². The van der Waals surface area contributed by atoms with Crippen LogP contribution in [0, 0.1) is 0 Å². The van der Waals surface area contributed by atoms with Gasteiger partial charge in [0.1, 0.15) is 12.4 Å². The Morgan fingerprint density at radius 3 is 1.84 bits per heavy atom. The summed E-state index contributed by atoms with van der Waals surface area (Å²) in [5, 5.41) is 0. The van der Waals surface area contributed by atoms with Gasteiger partial charge in [0, 0.05) is 6.42 Å². The van der Waals surface area contributed by atoms with E-state index in [1.165, 1.54) is 109 Å². The third-order valence-electron chi connectivity index (χ3n) is 5.32. The lowest BCUT2D eigenvalue weighted by atomic mass is 10.1. The Balaban J connectivity index is 2.30. The summed E-state index contributed by atoms with van der Waals surface area (Å²) in [4.78, 5) is 0. The topological polar surface area (TPSA) is 8.81 Å². The largest absolute Gasteiger partial charge is 0.256 e. The molecule has 146 valence electrons. The van der Waals surface area contributed by atoms with Crippen LogP contribution >= 0.6 is 0 Å². The number of unbranched alkanes of at least 4 members (excludes halogenated alkanes) is 11. The first-order valence-corrected chi connectivity index (χ1v) is 11.4. The Hall–Kier alpha value is -0.790. The lowest BCUT2D eigenvalue weighted by Gasteiger charge is -2.05. The molecule has 0 spiro atoms. The number of hydrogen-bond acceptors (Lipinski definition) is 0. The van der Waals surface area contributed by atoms with E-state index < -0.39 is 0 Å². The van der Waals surface area contributed by atoms with Gasteiger partial charge < -0.3 is 0 Å². The summed E-state index contributed by atoms with van der Waals surface area (Å²) in [7, 11) is 0. The maximum absolute atomic E-state index is 2.53. The number of aromatic nitrogens is 2. The van der Waals surface area contributed by atoms with Crippen LogP contribution in [0.15, 0.2) is 12.4 Å². The van der Waals surface area contributed by atoms with E-state index in [2.05, 4.69) is 42.3 Å². The molecular weight excluding hydrogens is 304 g/mol. The summed E-state index contributed by atoms with van der Waals surface area (Å²) in [6.45, 7) is 9.32. The minimum atomic E-state index is 1.21. The minimum Gasteiger partial charge on any atom is -0.234 e. The first kappa shape index (κ1) is 22.3. The summed E-state index contributed by atoms with van der Waals surface area (Å²) in [6, 6.07) is 0. The second kappa shape index (κ2) is 15.5. The summed E-state index contributed by atoms with van der Waals surface area (Å²) >= 11 is 0. The molecule has 1 rings (SSSR count). The van der Waals surface area contributed by atoms with Crippen molar-refractivity contribution in [2.75, 3.05) is 0 Å². The molecule has 2 heteroatoms. The number of nitrogens with zero attached hydrogens (tertiary/aromatic N) is 2. The highest BCUT2D eigenvalue weighted by atomic mass is 15.1. The molecule has 0 bridgehead atoms. The highest BCUT2D eigenvalue weighted by Gasteiger charge is 2.15. The predicted octanol–water partition coefficient (Wildman–Crippen LogP) is 6.84. The second-order valence-electron chi connectivity index (χ2n) is 7.74. The van der Waals surface area contributed by atoms with Crippen molar-refractivity contribution < 1.29 is 4.57 Å². The van der Waals surface area contributed by atoms with Crippen LogP contribution in [0.3, 0.4) is 0 Å². The molecule has 0 aliphatic rings.